The van der Waals surface area contributed by atoms with Gasteiger partial charge in [0.25, 0.3) is 5.91 Å². The van der Waals surface area contributed by atoms with Crippen LogP contribution in [-0.4, -0.2) is 41.8 Å². The van der Waals surface area contributed by atoms with E-state index >= 15 is 0 Å². The van der Waals surface area contributed by atoms with Gasteiger partial charge < -0.3 is 15.2 Å². The average molecular weight is 410 g/mol. The number of nitrogens with one attached hydrogen (secondary N) is 1. The third-order valence-corrected chi connectivity index (χ3v) is 5.18. The molecular weight excluding hydrogens is 386 g/mol. The predicted molar refractivity (Wildman–Crippen MR) is 109 cm³/mol. The second kappa shape index (κ2) is 10.7. The van der Waals surface area contributed by atoms with Crippen LogP contribution in [0.5, 0.6) is 11.5 Å². The number of nitrogen functional groups attached to an aromatic ring is 1. The second-order valence-corrected chi connectivity index (χ2v) is 8.16. The Morgan fingerprint density at radius 2 is 2.22 bits per heavy atom. The van der Waals surface area contributed by atoms with Gasteiger partial charge in [-0.25, -0.2) is 5.43 Å². The van der Waals surface area contributed by atoms with Crippen molar-refractivity contribution in [1.29, 1.82) is 0 Å². The van der Waals surface area contributed by atoms with Crippen molar-refractivity contribution < 1.29 is 14.3 Å². The highest BCUT2D eigenvalue weighted by atomic mass is 32.2. The van der Waals surface area contributed by atoms with E-state index in [0.717, 1.165) is 12.0 Å². The molecule has 0 radical (unpaired) electrons. The van der Waals surface area contributed by atoms with Crippen LogP contribution in [0, 0.1) is 5.92 Å². The molecule has 0 saturated heterocycles. The van der Waals surface area contributed by atoms with Crippen LogP contribution >= 0.6 is 23.1 Å². The van der Waals surface area contributed by atoms with Crippen molar-refractivity contribution >= 4 is 40.4 Å². The first kappa shape index (κ1) is 21.0. The van der Waals surface area contributed by atoms with Gasteiger partial charge in [-0.1, -0.05) is 36.9 Å². The molecule has 0 fully saturated rings. The van der Waals surface area contributed by atoms with E-state index in [1.165, 1.54) is 23.1 Å². The van der Waals surface area contributed by atoms with E-state index < -0.39 is 0 Å². The summed E-state index contributed by atoms with van der Waals surface area (Å²) >= 11 is 2.49. The van der Waals surface area contributed by atoms with Gasteiger partial charge in [0.15, 0.2) is 15.8 Å². The highest BCUT2D eigenvalue weighted by Crippen LogP contribution is 2.28. The number of amides is 1. The smallest absolute Gasteiger partial charge is 0.250 e. The Balaban J connectivity index is 1.83. The molecule has 1 aromatic heterocycles. The molecule has 146 valence electrons. The quantitative estimate of drug-likeness (QED) is 0.352. The van der Waals surface area contributed by atoms with Crippen molar-refractivity contribution in [3.05, 3.63) is 23.8 Å². The summed E-state index contributed by atoms with van der Waals surface area (Å²) in [6.07, 6.45) is 2.52. The number of hydrogen-bond donors (Lipinski definition) is 2. The molecule has 1 heterocycles. The summed E-state index contributed by atoms with van der Waals surface area (Å²) in [7, 11) is 1.59. The van der Waals surface area contributed by atoms with Crippen LogP contribution in [0.2, 0.25) is 0 Å². The van der Waals surface area contributed by atoms with Crippen LogP contribution in [0.25, 0.3) is 0 Å². The van der Waals surface area contributed by atoms with E-state index in [0.29, 0.717) is 33.5 Å². The first-order chi connectivity index (χ1) is 13.0. The predicted octanol–water partition coefficient (Wildman–Crippen LogP) is 2.80. The summed E-state index contributed by atoms with van der Waals surface area (Å²) in [4.78, 5) is 11.8. The van der Waals surface area contributed by atoms with Gasteiger partial charge in [0, 0.05) is 0 Å². The van der Waals surface area contributed by atoms with Gasteiger partial charge >= 0.3 is 0 Å². The third kappa shape index (κ3) is 7.43. The number of ether oxygens (including phenoxy) is 2. The Morgan fingerprint density at radius 3 is 2.89 bits per heavy atom. The zero-order chi connectivity index (χ0) is 19.6. The number of aromatic nitrogens is 2. The summed E-state index contributed by atoms with van der Waals surface area (Å²) < 4.78 is 11.8. The van der Waals surface area contributed by atoms with Gasteiger partial charge in [0.05, 0.1) is 25.7 Å². The molecule has 0 spiro atoms. The number of benzene rings is 1. The fourth-order valence-corrected chi connectivity index (χ4v) is 3.33. The van der Waals surface area contributed by atoms with Crippen molar-refractivity contribution in [2.24, 2.45) is 11.0 Å². The van der Waals surface area contributed by atoms with E-state index in [4.69, 9.17) is 15.2 Å². The van der Waals surface area contributed by atoms with Crippen LogP contribution in [0.15, 0.2) is 27.6 Å². The molecule has 0 aliphatic carbocycles. The van der Waals surface area contributed by atoms with Gasteiger partial charge in [-0.3, -0.25) is 4.79 Å². The number of nitrogens with zero attached hydrogens (tertiary/aromatic N) is 3. The Morgan fingerprint density at radius 1 is 1.41 bits per heavy atom. The SMILES string of the molecule is COc1cc(C=NNC(=O)CSc2nnc(N)s2)ccc1OCCC(C)C. The monoisotopic (exact) mass is 409 g/mol. The molecule has 3 N–H and O–H groups in total. The molecule has 10 heteroatoms. The fraction of sp³-hybridized carbons (Fsp3) is 0.412. The van der Waals surface area contributed by atoms with E-state index in [2.05, 4.69) is 34.6 Å². The third-order valence-electron chi connectivity index (χ3n) is 3.29. The van der Waals surface area contributed by atoms with Crippen LogP contribution < -0.4 is 20.6 Å². The lowest BCUT2D eigenvalue weighted by molar-refractivity contribution is -0.118. The maximum atomic E-state index is 11.8. The molecule has 1 aromatic carbocycles. The molecule has 0 atom stereocenters. The van der Waals surface area contributed by atoms with Crippen LogP contribution in [0.3, 0.4) is 0 Å². The molecule has 0 aliphatic rings. The Bertz CT molecular complexity index is 780. The number of rotatable bonds is 10. The normalized spacial score (nSPS) is 11.1. The topological polar surface area (TPSA) is 112 Å². The lowest BCUT2D eigenvalue weighted by atomic mass is 10.1. The number of hydrogen-bond acceptors (Lipinski definition) is 9. The number of hydrazone groups is 1. The maximum absolute atomic E-state index is 11.8. The van der Waals surface area contributed by atoms with Gasteiger partial charge in [0.1, 0.15) is 0 Å². The summed E-state index contributed by atoms with van der Waals surface area (Å²) in [5, 5.41) is 11.9. The highest BCUT2D eigenvalue weighted by molar-refractivity contribution is 8.01. The number of nitrogens with two attached hydrogens (primary N) is 1. The van der Waals surface area contributed by atoms with Gasteiger partial charge in [0.2, 0.25) is 5.13 Å². The minimum Gasteiger partial charge on any atom is -0.493 e. The van der Waals surface area contributed by atoms with Crippen molar-refractivity contribution in [3.8, 4) is 11.5 Å². The largest absolute Gasteiger partial charge is 0.493 e. The number of carbonyl (C=O) groups is 1. The average Bonchev–Trinajstić information content (AvgIpc) is 3.06. The molecule has 0 bridgehead atoms. The minimum atomic E-state index is -0.245. The number of methoxy groups -OCH3 is 1. The van der Waals surface area contributed by atoms with E-state index in [-0.39, 0.29) is 11.7 Å². The lowest BCUT2D eigenvalue weighted by Crippen LogP contribution is -2.19. The Labute approximate surface area is 166 Å². The maximum Gasteiger partial charge on any atom is 0.250 e. The summed E-state index contributed by atoms with van der Waals surface area (Å²) in [6.45, 7) is 4.93. The van der Waals surface area contributed by atoms with Crippen molar-refractivity contribution in [2.45, 2.75) is 24.6 Å². The molecule has 0 saturated carbocycles. The van der Waals surface area contributed by atoms with Gasteiger partial charge in [-0.2, -0.15) is 5.10 Å². The lowest BCUT2D eigenvalue weighted by Gasteiger charge is -2.12. The van der Waals surface area contributed by atoms with Gasteiger partial charge in [-0.05, 0) is 36.1 Å². The van der Waals surface area contributed by atoms with Gasteiger partial charge in [-0.15, -0.1) is 10.2 Å². The minimum absolute atomic E-state index is 0.178. The van der Waals surface area contributed by atoms with Crippen molar-refractivity contribution in [3.63, 3.8) is 0 Å². The molecule has 0 aliphatic heterocycles. The first-order valence-electron chi connectivity index (χ1n) is 8.32. The fourth-order valence-electron chi connectivity index (χ4n) is 1.91. The standard InChI is InChI=1S/C17H23N5O3S2/c1-11(2)6-7-25-13-5-4-12(8-14(13)24-3)9-19-20-15(23)10-26-17-22-21-16(18)27-17/h4-5,8-9,11H,6-7,10H2,1-3H3,(H2,18,21)(H,20,23). The molecule has 1 amide bonds. The molecule has 0 unspecified atom stereocenters. The van der Waals surface area contributed by atoms with Crippen LogP contribution in [0.1, 0.15) is 25.8 Å². The molecule has 2 rings (SSSR count). The van der Waals surface area contributed by atoms with E-state index in [1.807, 2.05) is 12.1 Å². The second-order valence-electron chi connectivity index (χ2n) is 5.93. The zero-order valence-electron chi connectivity index (χ0n) is 15.5. The molecule has 2 aromatic rings. The Hall–Kier alpha value is -2.33. The van der Waals surface area contributed by atoms with Crippen LogP contribution in [-0.2, 0) is 4.79 Å². The van der Waals surface area contributed by atoms with Crippen molar-refractivity contribution in [2.75, 3.05) is 25.2 Å². The first-order valence-corrected chi connectivity index (χ1v) is 10.1. The molecule has 27 heavy (non-hydrogen) atoms. The highest BCUT2D eigenvalue weighted by Gasteiger charge is 2.07. The summed E-state index contributed by atoms with van der Waals surface area (Å²) in [5.41, 5.74) is 8.75. The number of carbonyl (C=O) groups excluding carboxylic acids is 1. The molecular formula is C17H23N5O3S2. The van der Waals surface area contributed by atoms with Crippen LogP contribution in [0.4, 0.5) is 5.13 Å². The zero-order valence-corrected chi connectivity index (χ0v) is 17.1. The van der Waals surface area contributed by atoms with E-state index in [1.54, 1.807) is 19.4 Å². The summed E-state index contributed by atoms with van der Waals surface area (Å²) in [5.74, 6) is 1.82. The summed E-state index contributed by atoms with van der Waals surface area (Å²) in [6, 6.07) is 5.48. The molecule has 8 nitrogen and oxygen atoms in total. The Kier molecular flexibility index (Phi) is 8.34. The number of anilines is 1. The van der Waals surface area contributed by atoms with E-state index in [9.17, 15) is 4.79 Å². The van der Waals surface area contributed by atoms with Crippen molar-refractivity contribution in [1.82, 2.24) is 15.6 Å². The number of thioether (sulfide) groups is 1.